The third-order valence-corrected chi connectivity index (χ3v) is 4.67. The maximum absolute atomic E-state index is 8.28. The highest BCUT2D eigenvalue weighted by Crippen LogP contribution is 2.39. The van der Waals surface area contributed by atoms with Crippen molar-refractivity contribution in [2.45, 2.75) is 25.5 Å². The lowest BCUT2D eigenvalue weighted by Gasteiger charge is -2.21. The van der Waals surface area contributed by atoms with E-state index >= 15 is 0 Å². The zero-order valence-electron chi connectivity index (χ0n) is 28.5. The quantitative estimate of drug-likeness (QED) is 0.516. The minimum atomic E-state index is -3.27. The number of ether oxygens (including phenoxy) is 1. The van der Waals surface area contributed by atoms with Crippen molar-refractivity contribution in [2.75, 3.05) is 35.8 Å². The lowest BCUT2D eigenvalue weighted by Crippen LogP contribution is -2.17. The topological polar surface area (TPSA) is 15.7 Å². The Morgan fingerprint density at radius 3 is 1.52 bits per heavy atom. The summed E-state index contributed by atoms with van der Waals surface area (Å²) < 4.78 is 137. The number of anilines is 2. The van der Waals surface area contributed by atoms with Crippen molar-refractivity contribution in [3.05, 3.63) is 45.3 Å². The Bertz CT molecular complexity index is 1240. The van der Waals surface area contributed by atoms with Gasteiger partial charge in [-0.25, -0.2) is 0 Å². The maximum Gasteiger partial charge on any atom is 0.143 e. The molecule has 0 unspecified atom stereocenters. The lowest BCUT2D eigenvalue weighted by atomic mass is 10.2. The van der Waals surface area contributed by atoms with Gasteiger partial charge in [0.2, 0.25) is 0 Å². The van der Waals surface area contributed by atoms with Crippen molar-refractivity contribution in [1.82, 2.24) is 0 Å². The summed E-state index contributed by atoms with van der Waals surface area (Å²) in [6.45, 7) is -12.6. The average molecular weight is 482 g/mol. The summed E-state index contributed by atoms with van der Waals surface area (Å²) >= 11 is 6.50. The van der Waals surface area contributed by atoms with E-state index in [1.165, 1.54) is 24.3 Å². The normalized spacial score (nSPS) is 43.0. The minimum absolute atomic E-state index is 0.0990. The Hall–Kier alpha value is -1.20. The van der Waals surface area contributed by atoms with Crippen molar-refractivity contribution in [3.8, 4) is 11.5 Å². The summed E-state index contributed by atoms with van der Waals surface area (Å²) in [5.74, 6) is -0.198. The van der Waals surface area contributed by atoms with Crippen molar-refractivity contribution in [1.29, 1.82) is 0 Å². The van der Waals surface area contributed by atoms with Crippen molar-refractivity contribution in [3.63, 3.8) is 0 Å². The molecule has 0 atom stereocenters. The third-order valence-electron chi connectivity index (χ3n) is 3.36. The zero-order chi connectivity index (χ0) is 31.6. The zero-order valence-corrected chi connectivity index (χ0v) is 15.7. The molecule has 0 aromatic heterocycles. The molecular weight excluding hydrogens is 444 g/mol. The molecule has 0 N–H and O–H groups in total. The molecule has 2 aliphatic rings. The molecule has 0 spiro atoms. The fourth-order valence-corrected chi connectivity index (χ4v) is 2.84. The van der Waals surface area contributed by atoms with E-state index in [2.05, 4.69) is 31.9 Å². The molecule has 4 rings (SSSR count). The van der Waals surface area contributed by atoms with Crippen molar-refractivity contribution < 1.29 is 26.7 Å². The van der Waals surface area contributed by atoms with Crippen molar-refractivity contribution >= 4 is 43.2 Å². The molecule has 0 radical (unpaired) electrons. The van der Waals surface area contributed by atoms with Gasteiger partial charge in [-0.05, 0) is 81.6 Å². The fourth-order valence-electron chi connectivity index (χ4n) is 2.19. The number of hydrogen-bond acceptors (Lipinski definition) is 3. The molecule has 0 aliphatic carbocycles. The van der Waals surface area contributed by atoms with E-state index < -0.39 is 51.5 Å². The maximum atomic E-state index is 8.28. The molecule has 3 nitrogen and oxygen atoms in total. The predicted molar refractivity (Wildman–Crippen MR) is 111 cm³/mol. The Balaban J connectivity index is 1.80. The van der Waals surface area contributed by atoms with Gasteiger partial charge in [0.05, 0.1) is 8.95 Å². The van der Waals surface area contributed by atoms with E-state index in [0.717, 1.165) is 12.1 Å². The summed E-state index contributed by atoms with van der Waals surface area (Å²) in [5, 5.41) is 0. The van der Waals surface area contributed by atoms with Crippen LogP contribution in [0, 0.1) is 0 Å². The van der Waals surface area contributed by atoms with E-state index in [9.17, 15) is 0 Å². The van der Waals surface area contributed by atoms with Gasteiger partial charge in [-0.3, -0.25) is 0 Å². The second kappa shape index (κ2) is 7.58. The predicted octanol–water partition coefficient (Wildman–Crippen LogP) is 6.20. The molecule has 2 fully saturated rings. The summed E-state index contributed by atoms with van der Waals surface area (Å²) in [4.78, 5) is 0.699. The van der Waals surface area contributed by atoms with Gasteiger partial charge in [0.25, 0.3) is 0 Å². The van der Waals surface area contributed by atoms with Crippen LogP contribution in [0.1, 0.15) is 47.4 Å². The number of rotatable bonds is 4. The first-order valence-electron chi connectivity index (χ1n) is 15.1. The fraction of sp³-hybridized carbons (Fsp3) is 0.400. The first-order chi connectivity index (χ1) is 18.2. The second-order valence-electron chi connectivity index (χ2n) is 4.95. The third kappa shape index (κ3) is 3.82. The van der Waals surface area contributed by atoms with Crippen LogP contribution in [0.25, 0.3) is 0 Å². The molecule has 25 heavy (non-hydrogen) atoms. The molecule has 0 amide bonds. The highest BCUT2D eigenvalue weighted by Gasteiger charge is 2.17. The Labute approximate surface area is 188 Å². The summed E-state index contributed by atoms with van der Waals surface area (Å²) in [6, 6.07) is 7.38. The number of benzene rings is 2. The van der Waals surface area contributed by atoms with Crippen LogP contribution >= 0.6 is 31.9 Å². The number of nitrogens with zero attached hydrogens (tertiary/aromatic N) is 2. The van der Waals surface area contributed by atoms with E-state index in [-0.39, 0.29) is 31.8 Å². The summed E-state index contributed by atoms with van der Waals surface area (Å²) in [6.07, 6.45) is -13.1. The Morgan fingerprint density at radius 1 is 0.720 bits per heavy atom. The second-order valence-corrected chi connectivity index (χ2v) is 6.66. The van der Waals surface area contributed by atoms with E-state index in [4.69, 9.17) is 26.7 Å². The standard InChI is InChI=1S/C20H22Br2N2O/c21-17-7-5-15(23-9-1-2-10-23)13-19(17)25-20-14-16(6-8-18(20)22)24-11-3-4-12-24/h5-8,13-14H,1-4,9-12H2/i1D2,2D2,3D2,4D2,9D2,10D2,11D2,12D2. The van der Waals surface area contributed by atoms with Crippen LogP contribution < -0.4 is 14.5 Å². The van der Waals surface area contributed by atoms with Gasteiger partial charge in [0, 0.05) is 71.4 Å². The highest BCUT2D eigenvalue weighted by molar-refractivity contribution is 9.11. The molecule has 0 bridgehead atoms. The number of hydrogen-bond donors (Lipinski definition) is 0. The van der Waals surface area contributed by atoms with Gasteiger partial charge in [-0.15, -0.1) is 0 Å². The van der Waals surface area contributed by atoms with E-state index in [1.807, 2.05) is 0 Å². The van der Waals surface area contributed by atoms with Gasteiger partial charge in [-0.1, -0.05) is 0 Å². The van der Waals surface area contributed by atoms with Gasteiger partial charge in [-0.2, -0.15) is 0 Å². The molecule has 132 valence electrons. The lowest BCUT2D eigenvalue weighted by molar-refractivity contribution is 0.476. The SMILES string of the molecule is [2H]C1([2H])N(c2ccc(Br)c(Oc3cc(N4C([2H])([2H])C([2H])([2H])C([2H])([2H])C4([2H])[2H])ccc3Br)c2)C([2H])([2H])C([2H])([2H])C1([2H])[2H]. The average Bonchev–Trinajstić information content (AvgIpc) is 2.93. The van der Waals surface area contributed by atoms with Crippen LogP contribution in [-0.2, 0) is 0 Å². The van der Waals surface area contributed by atoms with Crippen LogP contribution in [0.3, 0.4) is 0 Å². The molecule has 2 aromatic rings. The minimum Gasteiger partial charge on any atom is -0.455 e. The molecule has 2 saturated heterocycles. The molecule has 2 aromatic carbocycles. The highest BCUT2D eigenvalue weighted by atomic mass is 79.9. The van der Waals surface area contributed by atoms with Crippen LogP contribution in [-0.4, -0.2) is 26.0 Å². The van der Waals surface area contributed by atoms with Crippen molar-refractivity contribution in [2.24, 2.45) is 0 Å². The summed E-state index contributed by atoms with van der Waals surface area (Å²) in [7, 11) is 0. The Kier molecular flexibility index (Phi) is 2.05. The molecule has 2 aliphatic heterocycles. The van der Waals surface area contributed by atoms with Gasteiger partial charge in [0.1, 0.15) is 11.5 Å². The van der Waals surface area contributed by atoms with Crippen LogP contribution in [0.15, 0.2) is 45.3 Å². The first-order valence-corrected chi connectivity index (χ1v) is 8.69. The van der Waals surface area contributed by atoms with E-state index in [0.29, 0.717) is 9.80 Å². The molecule has 2 heterocycles. The molecule has 0 saturated carbocycles. The Morgan fingerprint density at radius 2 is 1.12 bits per heavy atom. The monoisotopic (exact) mass is 480 g/mol. The first kappa shape index (κ1) is 6.75. The van der Waals surface area contributed by atoms with Crippen LogP contribution in [0.4, 0.5) is 11.4 Å². The molecular formula is C20H22Br2N2O. The largest absolute Gasteiger partial charge is 0.455 e. The smallest absolute Gasteiger partial charge is 0.143 e. The molecule has 5 heteroatoms. The summed E-state index contributed by atoms with van der Waals surface area (Å²) in [5.41, 5.74) is -0.548. The van der Waals surface area contributed by atoms with E-state index in [1.54, 1.807) is 0 Å². The van der Waals surface area contributed by atoms with Crippen LogP contribution in [0.2, 0.25) is 0 Å². The van der Waals surface area contributed by atoms with Gasteiger partial charge < -0.3 is 14.5 Å². The van der Waals surface area contributed by atoms with Gasteiger partial charge in [0.15, 0.2) is 0 Å². The van der Waals surface area contributed by atoms with Crippen LogP contribution in [0.5, 0.6) is 11.5 Å². The number of halogens is 2. The van der Waals surface area contributed by atoms with Gasteiger partial charge >= 0.3 is 0 Å².